The van der Waals surface area contributed by atoms with Gasteiger partial charge in [-0.3, -0.25) is 24.0 Å². The van der Waals surface area contributed by atoms with Crippen LogP contribution in [0.15, 0.2) is 0 Å². The van der Waals surface area contributed by atoms with E-state index in [4.69, 9.17) is 28.4 Å². The Morgan fingerprint density at radius 1 is 0.689 bits per heavy atom. The molecule has 8 bridgehead atoms. The van der Waals surface area contributed by atoms with Crippen molar-refractivity contribution < 1.29 is 67.7 Å². The van der Waals surface area contributed by atoms with Gasteiger partial charge in [0.2, 0.25) is 6.29 Å². The standard InChI is InChI=1S/C47H70O14/c1-9-39(6,34(50)60-46-18-29-14-42(24-46,23-43(53,15-29)26-46)36(52)57-32-12-10-11-13-56-32)22-40(7,21-37(2,3)33(49)59-41(8)20-31(48)58-38(41,4)5)35(51)61-47-19-30-16-44(54,27-47)25-45(55,17-30)28-47/h29-30,32,53-55H,9-28H2,1-8H3. The molecule has 10 unspecified atom stereocenters. The van der Waals surface area contributed by atoms with Crippen LogP contribution in [0.5, 0.6) is 0 Å². The topological polar surface area (TPSA) is 201 Å². The highest BCUT2D eigenvalue weighted by Crippen LogP contribution is 2.66. The minimum absolute atomic E-state index is 0.0288. The van der Waals surface area contributed by atoms with Crippen LogP contribution in [0.25, 0.3) is 0 Å². The number of rotatable bonds is 13. The molecule has 0 aromatic rings. The molecular weight excluding hydrogens is 789 g/mol. The summed E-state index contributed by atoms with van der Waals surface area (Å²) < 4.78 is 36.5. The summed E-state index contributed by atoms with van der Waals surface area (Å²) >= 11 is 0. The van der Waals surface area contributed by atoms with Crippen molar-refractivity contribution in [1.82, 2.24) is 0 Å². The number of esters is 5. The zero-order valence-electron chi connectivity index (χ0n) is 37.7. The summed E-state index contributed by atoms with van der Waals surface area (Å²) in [4.78, 5) is 70.8. The fraction of sp³-hybridized carbons (Fsp3) is 0.894. The predicted molar refractivity (Wildman–Crippen MR) is 216 cm³/mol. The van der Waals surface area contributed by atoms with Gasteiger partial charge in [-0.15, -0.1) is 0 Å². The van der Waals surface area contributed by atoms with Gasteiger partial charge >= 0.3 is 29.8 Å². The van der Waals surface area contributed by atoms with E-state index in [2.05, 4.69) is 0 Å². The number of aliphatic hydroxyl groups is 3. The maximum absolute atomic E-state index is 15.1. The average Bonchev–Trinajstić information content (AvgIpc) is 3.29. The normalized spacial score (nSPS) is 43.8. The molecule has 0 amide bonds. The largest absolute Gasteiger partial charge is 0.458 e. The van der Waals surface area contributed by atoms with Crippen LogP contribution >= 0.6 is 0 Å². The van der Waals surface area contributed by atoms with E-state index < -0.39 is 97.0 Å². The molecule has 0 spiro atoms. The van der Waals surface area contributed by atoms with E-state index >= 15 is 4.79 Å². The average molecular weight is 859 g/mol. The van der Waals surface area contributed by atoms with Crippen LogP contribution in [0, 0.1) is 33.5 Å². The van der Waals surface area contributed by atoms with E-state index in [-0.39, 0.29) is 76.0 Å². The highest BCUT2D eigenvalue weighted by atomic mass is 16.7. The van der Waals surface area contributed by atoms with Crippen molar-refractivity contribution in [3.63, 3.8) is 0 Å². The van der Waals surface area contributed by atoms with Crippen molar-refractivity contribution in [3.8, 4) is 0 Å². The van der Waals surface area contributed by atoms with Gasteiger partial charge in [-0.1, -0.05) is 6.92 Å². The van der Waals surface area contributed by atoms with Crippen LogP contribution in [-0.4, -0.2) is 97.3 Å². The van der Waals surface area contributed by atoms with Gasteiger partial charge in [0.1, 0.15) is 16.8 Å². The van der Waals surface area contributed by atoms with Crippen LogP contribution in [0.2, 0.25) is 0 Å². The first-order valence-electron chi connectivity index (χ1n) is 22.9. The molecule has 14 nitrogen and oxygen atoms in total. The number of ether oxygens (including phenoxy) is 6. The fourth-order valence-electron chi connectivity index (χ4n) is 14.6. The van der Waals surface area contributed by atoms with E-state index in [1.54, 1.807) is 48.5 Å². The van der Waals surface area contributed by atoms with Crippen LogP contribution < -0.4 is 0 Å². The Morgan fingerprint density at radius 3 is 1.75 bits per heavy atom. The number of carbonyl (C=O) groups excluding carboxylic acids is 5. The summed E-state index contributed by atoms with van der Waals surface area (Å²) in [7, 11) is 0. The Balaban J connectivity index is 1.07. The van der Waals surface area contributed by atoms with Crippen LogP contribution in [0.4, 0.5) is 0 Å². The van der Waals surface area contributed by atoms with E-state index in [1.165, 1.54) is 0 Å². The van der Waals surface area contributed by atoms with Gasteiger partial charge in [-0.2, -0.15) is 0 Å². The maximum Gasteiger partial charge on any atom is 0.314 e. The van der Waals surface area contributed by atoms with Crippen molar-refractivity contribution in [1.29, 1.82) is 0 Å². The first-order chi connectivity index (χ1) is 28.0. The Kier molecular flexibility index (Phi) is 10.3. The fourth-order valence-corrected chi connectivity index (χ4v) is 14.6. The van der Waals surface area contributed by atoms with E-state index in [0.29, 0.717) is 51.6 Å². The summed E-state index contributed by atoms with van der Waals surface area (Å²) in [5.41, 5.74) is -13.5. The van der Waals surface area contributed by atoms with Gasteiger partial charge in [0, 0.05) is 38.5 Å². The number of carbonyl (C=O) groups is 5. The van der Waals surface area contributed by atoms with Crippen molar-refractivity contribution in [2.45, 2.75) is 223 Å². The number of cyclic esters (lactones) is 1. The maximum atomic E-state index is 15.1. The predicted octanol–water partition coefficient (Wildman–Crippen LogP) is 6.05. The summed E-state index contributed by atoms with van der Waals surface area (Å²) in [6.07, 6.45) is 5.92. The number of hydrogen-bond donors (Lipinski definition) is 3. The third-order valence-electron chi connectivity index (χ3n) is 16.7. The van der Waals surface area contributed by atoms with Crippen molar-refractivity contribution in [2.24, 2.45) is 33.5 Å². The molecule has 2 aliphatic heterocycles. The van der Waals surface area contributed by atoms with Gasteiger partial charge in [0.05, 0.1) is 51.5 Å². The molecule has 10 atom stereocenters. The minimum atomic E-state index is -1.52. The molecule has 10 rings (SSSR count). The van der Waals surface area contributed by atoms with Crippen molar-refractivity contribution in [2.75, 3.05) is 6.61 Å². The molecule has 3 N–H and O–H groups in total. The first kappa shape index (κ1) is 44.8. The quantitative estimate of drug-likeness (QED) is 0.143. The molecule has 61 heavy (non-hydrogen) atoms. The lowest BCUT2D eigenvalue weighted by Gasteiger charge is -2.63. The summed E-state index contributed by atoms with van der Waals surface area (Å²) in [5, 5.41) is 35.1. The van der Waals surface area contributed by atoms with Gasteiger partial charge in [0.15, 0.2) is 5.60 Å². The smallest absolute Gasteiger partial charge is 0.314 e. The Morgan fingerprint density at radius 2 is 1.25 bits per heavy atom. The van der Waals surface area contributed by atoms with Crippen molar-refractivity contribution in [3.05, 3.63) is 0 Å². The van der Waals surface area contributed by atoms with E-state index in [0.717, 1.165) is 12.8 Å². The highest BCUT2D eigenvalue weighted by molar-refractivity contribution is 5.84. The highest BCUT2D eigenvalue weighted by Gasteiger charge is 2.69. The van der Waals surface area contributed by atoms with Crippen molar-refractivity contribution >= 4 is 29.8 Å². The Hall–Kier alpha value is -2.81. The second kappa shape index (κ2) is 14.1. The van der Waals surface area contributed by atoms with Gasteiger partial charge < -0.3 is 43.7 Å². The summed E-state index contributed by atoms with van der Waals surface area (Å²) in [6.45, 7) is 14.1. The lowest BCUT2D eigenvalue weighted by molar-refractivity contribution is -0.266. The lowest BCUT2D eigenvalue weighted by atomic mass is 9.46. The molecule has 0 aromatic heterocycles. The van der Waals surface area contributed by atoms with E-state index in [1.807, 2.05) is 6.92 Å². The molecule has 0 aromatic carbocycles. The molecule has 2 heterocycles. The van der Waals surface area contributed by atoms with Crippen LogP contribution in [0.1, 0.15) is 177 Å². The zero-order valence-corrected chi connectivity index (χ0v) is 37.7. The van der Waals surface area contributed by atoms with Crippen LogP contribution in [0.3, 0.4) is 0 Å². The molecular formula is C47H70O14. The third kappa shape index (κ3) is 7.93. The van der Waals surface area contributed by atoms with E-state index in [9.17, 15) is 34.5 Å². The second-order valence-corrected chi connectivity index (χ2v) is 23.8. The zero-order chi connectivity index (χ0) is 44.5. The SMILES string of the molecule is CCC(C)(CC(C)(CC(C)(C)C(=O)OC1(C)CC(=O)OC1(C)C)C(=O)OC12CC3CC(O)(CC(O)(C3)C1)C2)C(=O)OC12CC3CC(O)(C1)CC(C(=O)OC1CCCCO1)(C3)C2. The van der Waals surface area contributed by atoms with Gasteiger partial charge in [-0.05, 0) is 137 Å². The monoisotopic (exact) mass is 858 g/mol. The Bertz CT molecular complexity index is 1830. The van der Waals surface area contributed by atoms with Crippen LogP contribution in [-0.2, 0) is 52.4 Å². The van der Waals surface area contributed by atoms with Gasteiger partial charge in [0.25, 0.3) is 0 Å². The number of hydrogen-bond acceptors (Lipinski definition) is 14. The first-order valence-corrected chi connectivity index (χ1v) is 22.9. The van der Waals surface area contributed by atoms with Gasteiger partial charge in [-0.25, -0.2) is 0 Å². The summed E-state index contributed by atoms with van der Waals surface area (Å²) in [5.74, 6) is -2.89. The second-order valence-electron chi connectivity index (χ2n) is 23.8. The molecule has 8 saturated carbocycles. The minimum Gasteiger partial charge on any atom is -0.458 e. The molecule has 0 radical (unpaired) electrons. The molecule has 14 heteroatoms. The molecule has 10 fully saturated rings. The molecule has 2 saturated heterocycles. The molecule has 342 valence electrons. The molecule has 8 aliphatic carbocycles. The Labute approximate surface area is 359 Å². The third-order valence-corrected chi connectivity index (χ3v) is 16.7. The molecule has 10 aliphatic rings. The lowest BCUT2D eigenvalue weighted by Crippen LogP contribution is -2.67. The summed E-state index contributed by atoms with van der Waals surface area (Å²) in [6, 6.07) is 0.